The molecule has 0 unspecified atom stereocenters. The molecule has 0 radical (unpaired) electrons. The van der Waals surface area contributed by atoms with Gasteiger partial charge in [0.1, 0.15) is 6.07 Å². The number of benzene rings is 1. The lowest BCUT2D eigenvalue weighted by Crippen LogP contribution is -2.40. The molecule has 0 atom stereocenters. The van der Waals surface area contributed by atoms with Crippen molar-refractivity contribution in [2.24, 2.45) is 0 Å². The topological polar surface area (TPSA) is 56.1 Å². The molecule has 4 nitrogen and oxygen atoms in total. The Balaban J connectivity index is 2.29. The first-order chi connectivity index (χ1) is 8.33. The number of hydrogen-bond donors (Lipinski definition) is 1. The Labute approximate surface area is 101 Å². The van der Waals surface area contributed by atoms with E-state index in [0.29, 0.717) is 18.5 Å². The van der Waals surface area contributed by atoms with E-state index < -0.39 is 0 Å². The number of amides is 1. The van der Waals surface area contributed by atoms with Crippen LogP contribution < -0.4 is 10.2 Å². The van der Waals surface area contributed by atoms with Gasteiger partial charge in [-0.05, 0) is 25.1 Å². The number of nitrogens with one attached hydrogen (secondary N) is 1. The minimum atomic E-state index is 0.106. The Bertz CT molecular complexity index is 450. The molecule has 17 heavy (non-hydrogen) atoms. The van der Waals surface area contributed by atoms with Crippen molar-refractivity contribution in [3.05, 3.63) is 29.8 Å². The van der Waals surface area contributed by atoms with Crippen LogP contribution >= 0.6 is 0 Å². The smallest absolute Gasteiger partial charge is 0.227 e. The predicted molar refractivity (Wildman–Crippen MR) is 65.6 cm³/mol. The second-order valence-electron chi connectivity index (χ2n) is 4.03. The first-order valence-corrected chi connectivity index (χ1v) is 5.83. The van der Waals surface area contributed by atoms with Crippen LogP contribution in [-0.2, 0) is 4.79 Å². The number of para-hydroxylation sites is 1. The Morgan fingerprint density at radius 2 is 2.12 bits per heavy atom. The summed E-state index contributed by atoms with van der Waals surface area (Å²) in [6.07, 6.45) is 1.39. The molecule has 1 aromatic rings. The minimum Gasteiger partial charge on any atom is -0.315 e. The van der Waals surface area contributed by atoms with Gasteiger partial charge in [0.15, 0.2) is 0 Å². The molecule has 88 valence electrons. The van der Waals surface area contributed by atoms with Crippen LogP contribution in [0.5, 0.6) is 0 Å². The molecule has 0 aliphatic carbocycles. The van der Waals surface area contributed by atoms with Gasteiger partial charge in [0.2, 0.25) is 5.91 Å². The number of anilines is 1. The summed E-state index contributed by atoms with van der Waals surface area (Å²) in [6.45, 7) is 2.28. The van der Waals surface area contributed by atoms with Crippen molar-refractivity contribution in [3.8, 4) is 6.07 Å². The van der Waals surface area contributed by atoms with Gasteiger partial charge in [-0.1, -0.05) is 12.1 Å². The highest BCUT2D eigenvalue weighted by Gasteiger charge is 2.19. The summed E-state index contributed by atoms with van der Waals surface area (Å²) < 4.78 is 0. The van der Waals surface area contributed by atoms with Gasteiger partial charge in [-0.15, -0.1) is 0 Å². The SMILES string of the molecule is N#Cc1ccccc1N1CCNCCCC1=O. The second kappa shape index (κ2) is 5.46. The van der Waals surface area contributed by atoms with E-state index in [1.165, 1.54) is 0 Å². The fourth-order valence-corrected chi connectivity index (χ4v) is 2.00. The third kappa shape index (κ3) is 2.63. The van der Waals surface area contributed by atoms with E-state index in [9.17, 15) is 4.79 Å². The Morgan fingerprint density at radius 3 is 2.94 bits per heavy atom. The molecular formula is C13H15N3O. The van der Waals surface area contributed by atoms with Crippen LogP contribution in [0.1, 0.15) is 18.4 Å². The summed E-state index contributed by atoms with van der Waals surface area (Å²) in [4.78, 5) is 13.7. The molecular weight excluding hydrogens is 214 g/mol. The van der Waals surface area contributed by atoms with E-state index in [2.05, 4.69) is 11.4 Å². The van der Waals surface area contributed by atoms with Crippen molar-refractivity contribution in [3.63, 3.8) is 0 Å². The van der Waals surface area contributed by atoms with E-state index in [1.54, 1.807) is 11.0 Å². The molecule has 1 N–H and O–H groups in total. The van der Waals surface area contributed by atoms with Gasteiger partial charge in [0.25, 0.3) is 0 Å². The summed E-state index contributed by atoms with van der Waals surface area (Å²) in [5.74, 6) is 0.106. The Hall–Kier alpha value is -1.86. The molecule has 1 aromatic carbocycles. The maximum Gasteiger partial charge on any atom is 0.227 e. The summed E-state index contributed by atoms with van der Waals surface area (Å²) in [7, 11) is 0. The molecule has 1 amide bonds. The van der Waals surface area contributed by atoms with Crippen molar-refractivity contribution in [2.75, 3.05) is 24.5 Å². The van der Waals surface area contributed by atoms with Crippen LogP contribution in [0.25, 0.3) is 0 Å². The Kier molecular flexibility index (Phi) is 3.73. The average molecular weight is 229 g/mol. The molecule has 0 aromatic heterocycles. The quantitative estimate of drug-likeness (QED) is 0.789. The van der Waals surface area contributed by atoms with Crippen molar-refractivity contribution < 1.29 is 4.79 Å². The highest BCUT2D eigenvalue weighted by molar-refractivity contribution is 5.94. The number of hydrogen-bond acceptors (Lipinski definition) is 3. The van der Waals surface area contributed by atoms with Gasteiger partial charge in [0.05, 0.1) is 11.3 Å². The second-order valence-corrected chi connectivity index (χ2v) is 4.03. The van der Waals surface area contributed by atoms with Crippen LogP contribution in [0.4, 0.5) is 5.69 Å². The molecule has 0 spiro atoms. The van der Waals surface area contributed by atoms with Crippen LogP contribution in [0.2, 0.25) is 0 Å². The summed E-state index contributed by atoms with van der Waals surface area (Å²) in [5.41, 5.74) is 1.28. The third-order valence-electron chi connectivity index (χ3n) is 2.87. The predicted octanol–water partition coefficient (Wildman–Crippen LogP) is 1.27. The van der Waals surface area contributed by atoms with E-state index in [1.807, 2.05) is 18.2 Å². The summed E-state index contributed by atoms with van der Waals surface area (Å²) in [5, 5.41) is 12.3. The maximum atomic E-state index is 12.0. The van der Waals surface area contributed by atoms with Gasteiger partial charge >= 0.3 is 0 Å². The van der Waals surface area contributed by atoms with Crippen molar-refractivity contribution in [1.29, 1.82) is 5.26 Å². The zero-order valence-corrected chi connectivity index (χ0v) is 9.65. The van der Waals surface area contributed by atoms with Crippen LogP contribution in [0.3, 0.4) is 0 Å². The normalized spacial score (nSPS) is 17.1. The minimum absolute atomic E-state index is 0.106. The zero-order valence-electron chi connectivity index (χ0n) is 9.65. The molecule has 1 saturated heterocycles. The molecule has 4 heteroatoms. The maximum absolute atomic E-state index is 12.0. The highest BCUT2D eigenvalue weighted by Crippen LogP contribution is 2.20. The first kappa shape index (κ1) is 11.6. The van der Waals surface area contributed by atoms with E-state index >= 15 is 0 Å². The summed E-state index contributed by atoms with van der Waals surface area (Å²) in [6, 6.07) is 9.38. The van der Waals surface area contributed by atoms with E-state index in [0.717, 1.165) is 25.2 Å². The lowest BCUT2D eigenvalue weighted by Gasteiger charge is -2.26. The monoisotopic (exact) mass is 229 g/mol. The lowest BCUT2D eigenvalue weighted by atomic mass is 10.1. The van der Waals surface area contributed by atoms with Crippen LogP contribution in [0, 0.1) is 11.3 Å². The molecule has 0 bridgehead atoms. The molecule has 2 rings (SSSR count). The zero-order chi connectivity index (χ0) is 12.1. The molecule has 0 saturated carbocycles. The molecule has 1 aliphatic rings. The lowest BCUT2D eigenvalue weighted by molar-refractivity contribution is -0.118. The molecule has 1 heterocycles. The van der Waals surface area contributed by atoms with Crippen LogP contribution in [-0.4, -0.2) is 25.5 Å². The fraction of sp³-hybridized carbons (Fsp3) is 0.385. The van der Waals surface area contributed by atoms with E-state index in [-0.39, 0.29) is 5.91 Å². The average Bonchev–Trinajstić information content (AvgIpc) is 2.35. The number of carbonyl (C=O) groups is 1. The molecule has 1 aliphatic heterocycles. The van der Waals surface area contributed by atoms with Crippen molar-refractivity contribution in [1.82, 2.24) is 5.32 Å². The Morgan fingerprint density at radius 1 is 1.29 bits per heavy atom. The number of carbonyl (C=O) groups excluding carboxylic acids is 1. The third-order valence-corrected chi connectivity index (χ3v) is 2.87. The standard InChI is InChI=1S/C13H15N3O/c14-10-11-4-1-2-5-12(11)16-9-8-15-7-3-6-13(16)17/h1-2,4-5,15H,3,6-9H2. The number of nitrogens with zero attached hydrogens (tertiary/aromatic N) is 2. The fourth-order valence-electron chi connectivity index (χ4n) is 2.00. The van der Waals surface area contributed by atoms with Gasteiger partial charge < -0.3 is 10.2 Å². The number of nitriles is 1. The van der Waals surface area contributed by atoms with Gasteiger partial charge in [-0.3, -0.25) is 4.79 Å². The largest absolute Gasteiger partial charge is 0.315 e. The first-order valence-electron chi connectivity index (χ1n) is 5.83. The van der Waals surface area contributed by atoms with Crippen molar-refractivity contribution in [2.45, 2.75) is 12.8 Å². The van der Waals surface area contributed by atoms with Gasteiger partial charge in [-0.25, -0.2) is 0 Å². The number of rotatable bonds is 1. The summed E-state index contributed by atoms with van der Waals surface area (Å²) >= 11 is 0. The van der Waals surface area contributed by atoms with E-state index in [4.69, 9.17) is 5.26 Å². The van der Waals surface area contributed by atoms with Crippen LogP contribution in [0.15, 0.2) is 24.3 Å². The van der Waals surface area contributed by atoms with Crippen molar-refractivity contribution >= 4 is 11.6 Å². The molecule has 1 fully saturated rings. The highest BCUT2D eigenvalue weighted by atomic mass is 16.2. The van der Waals surface area contributed by atoms with Gasteiger partial charge in [-0.2, -0.15) is 5.26 Å². The van der Waals surface area contributed by atoms with Gasteiger partial charge in [0, 0.05) is 19.5 Å².